The Morgan fingerprint density at radius 3 is 2.35 bits per heavy atom. The van der Waals surface area contributed by atoms with Gasteiger partial charge in [-0.3, -0.25) is 4.90 Å². The number of benzene rings is 1. The SMILES string of the molecule is OC1CN(CCOc2ccc(Br)cc2)CC1O. The number of likely N-dealkylation sites (tertiary alicyclic amines) is 1. The molecule has 0 radical (unpaired) electrons. The first-order chi connectivity index (χ1) is 8.15. The van der Waals surface area contributed by atoms with Gasteiger partial charge in [0, 0.05) is 24.1 Å². The predicted octanol–water partition coefficient (Wildman–Crippen LogP) is 0.865. The molecule has 1 aliphatic heterocycles. The summed E-state index contributed by atoms with van der Waals surface area (Å²) < 4.78 is 6.59. The minimum atomic E-state index is -0.623. The molecule has 1 heterocycles. The van der Waals surface area contributed by atoms with Crippen LogP contribution in [0.2, 0.25) is 0 Å². The predicted molar refractivity (Wildman–Crippen MR) is 68.1 cm³/mol. The van der Waals surface area contributed by atoms with E-state index in [0.717, 1.165) is 10.2 Å². The molecule has 1 aromatic rings. The molecule has 2 rings (SSSR count). The molecule has 0 aromatic heterocycles. The lowest BCUT2D eigenvalue weighted by atomic mass is 10.3. The summed E-state index contributed by atoms with van der Waals surface area (Å²) in [5, 5.41) is 18.8. The minimum absolute atomic E-state index is 0.519. The second kappa shape index (κ2) is 5.82. The van der Waals surface area contributed by atoms with Gasteiger partial charge in [0.05, 0.1) is 12.2 Å². The average Bonchev–Trinajstić information content (AvgIpc) is 2.61. The summed E-state index contributed by atoms with van der Waals surface area (Å²) in [5.41, 5.74) is 0. The average molecular weight is 302 g/mol. The largest absolute Gasteiger partial charge is 0.492 e. The van der Waals surface area contributed by atoms with Crippen LogP contribution in [-0.4, -0.2) is 53.6 Å². The summed E-state index contributed by atoms with van der Waals surface area (Å²) in [5.74, 6) is 0.827. The van der Waals surface area contributed by atoms with Gasteiger partial charge in [-0.25, -0.2) is 0 Å². The van der Waals surface area contributed by atoms with Gasteiger partial charge in [-0.05, 0) is 24.3 Å². The third kappa shape index (κ3) is 3.67. The second-order valence-electron chi connectivity index (χ2n) is 4.20. The maximum atomic E-state index is 9.38. The van der Waals surface area contributed by atoms with Crippen LogP contribution in [0.5, 0.6) is 5.75 Å². The van der Waals surface area contributed by atoms with E-state index >= 15 is 0 Å². The summed E-state index contributed by atoms with van der Waals surface area (Å²) >= 11 is 3.36. The fourth-order valence-corrected chi connectivity index (χ4v) is 2.12. The number of halogens is 1. The van der Waals surface area contributed by atoms with Crippen LogP contribution in [0.1, 0.15) is 0 Å². The highest BCUT2D eigenvalue weighted by molar-refractivity contribution is 9.10. The highest BCUT2D eigenvalue weighted by atomic mass is 79.9. The first kappa shape index (κ1) is 12.8. The molecule has 2 atom stereocenters. The van der Waals surface area contributed by atoms with Gasteiger partial charge in [-0.2, -0.15) is 0 Å². The Labute approximate surface area is 109 Å². The molecule has 1 aromatic carbocycles. The van der Waals surface area contributed by atoms with E-state index in [9.17, 15) is 10.2 Å². The zero-order valence-corrected chi connectivity index (χ0v) is 11.0. The van der Waals surface area contributed by atoms with Crippen molar-refractivity contribution < 1.29 is 14.9 Å². The van der Waals surface area contributed by atoms with E-state index in [1.165, 1.54) is 0 Å². The molecule has 1 fully saturated rings. The number of hydrogen-bond donors (Lipinski definition) is 2. The topological polar surface area (TPSA) is 52.9 Å². The molecule has 0 bridgehead atoms. The lowest BCUT2D eigenvalue weighted by Gasteiger charge is -2.15. The summed E-state index contributed by atoms with van der Waals surface area (Å²) in [6.45, 7) is 2.31. The molecular formula is C12H16BrNO3. The molecule has 4 nitrogen and oxygen atoms in total. The number of rotatable bonds is 4. The van der Waals surface area contributed by atoms with E-state index in [2.05, 4.69) is 15.9 Å². The summed E-state index contributed by atoms with van der Waals surface area (Å²) in [7, 11) is 0. The smallest absolute Gasteiger partial charge is 0.119 e. The number of hydrogen-bond acceptors (Lipinski definition) is 4. The Morgan fingerprint density at radius 1 is 1.18 bits per heavy atom. The fourth-order valence-electron chi connectivity index (χ4n) is 1.85. The van der Waals surface area contributed by atoms with E-state index in [1.807, 2.05) is 29.2 Å². The zero-order chi connectivity index (χ0) is 12.3. The van der Waals surface area contributed by atoms with Gasteiger partial charge in [0.15, 0.2) is 0 Å². The molecule has 0 aliphatic carbocycles. The Hall–Kier alpha value is -0.620. The van der Waals surface area contributed by atoms with Crippen LogP contribution >= 0.6 is 15.9 Å². The summed E-state index contributed by atoms with van der Waals surface area (Å²) in [6, 6.07) is 7.66. The van der Waals surface area contributed by atoms with Crippen LogP contribution in [0.25, 0.3) is 0 Å². The van der Waals surface area contributed by atoms with Crippen molar-refractivity contribution in [2.45, 2.75) is 12.2 Å². The molecule has 0 saturated carbocycles. The molecule has 17 heavy (non-hydrogen) atoms. The zero-order valence-electron chi connectivity index (χ0n) is 9.42. The third-order valence-corrected chi connectivity index (χ3v) is 3.35. The minimum Gasteiger partial charge on any atom is -0.492 e. The van der Waals surface area contributed by atoms with Crippen molar-refractivity contribution in [1.29, 1.82) is 0 Å². The maximum absolute atomic E-state index is 9.38. The van der Waals surface area contributed by atoms with E-state index < -0.39 is 12.2 Å². The second-order valence-corrected chi connectivity index (χ2v) is 5.11. The quantitative estimate of drug-likeness (QED) is 0.866. The van der Waals surface area contributed by atoms with Crippen molar-refractivity contribution in [2.75, 3.05) is 26.2 Å². The molecule has 0 amide bonds. The molecular weight excluding hydrogens is 286 g/mol. The van der Waals surface area contributed by atoms with Gasteiger partial charge in [0.2, 0.25) is 0 Å². The number of ether oxygens (including phenoxy) is 1. The van der Waals surface area contributed by atoms with Gasteiger partial charge >= 0.3 is 0 Å². The van der Waals surface area contributed by atoms with Gasteiger partial charge < -0.3 is 14.9 Å². The lowest BCUT2D eigenvalue weighted by Crippen LogP contribution is -2.27. The van der Waals surface area contributed by atoms with Crippen molar-refractivity contribution in [1.82, 2.24) is 4.90 Å². The Morgan fingerprint density at radius 2 is 1.76 bits per heavy atom. The Balaban J connectivity index is 1.71. The molecule has 2 N–H and O–H groups in total. The van der Waals surface area contributed by atoms with E-state index in [0.29, 0.717) is 26.2 Å². The first-order valence-corrected chi connectivity index (χ1v) is 6.41. The highest BCUT2D eigenvalue weighted by Gasteiger charge is 2.28. The number of nitrogens with zero attached hydrogens (tertiary/aromatic N) is 1. The van der Waals surface area contributed by atoms with Crippen LogP contribution in [0.15, 0.2) is 28.7 Å². The van der Waals surface area contributed by atoms with E-state index in [1.54, 1.807) is 0 Å². The van der Waals surface area contributed by atoms with Gasteiger partial charge in [-0.15, -0.1) is 0 Å². The van der Waals surface area contributed by atoms with Crippen molar-refractivity contribution >= 4 is 15.9 Å². The Kier molecular flexibility index (Phi) is 4.39. The highest BCUT2D eigenvalue weighted by Crippen LogP contribution is 2.16. The standard InChI is InChI=1S/C12H16BrNO3/c13-9-1-3-10(4-2-9)17-6-5-14-7-11(15)12(16)8-14/h1-4,11-12,15-16H,5-8H2. The van der Waals surface area contributed by atoms with Gasteiger partial charge in [0.25, 0.3) is 0 Å². The maximum Gasteiger partial charge on any atom is 0.119 e. The van der Waals surface area contributed by atoms with Crippen LogP contribution in [-0.2, 0) is 0 Å². The number of β-amino-alcohol motifs (C(OH)–C–C–N with tert-alkyl or cyclic N) is 2. The normalized spacial score (nSPS) is 25.1. The summed E-state index contributed by atoms with van der Waals surface area (Å²) in [6.07, 6.45) is -1.25. The van der Waals surface area contributed by atoms with Gasteiger partial charge in [0.1, 0.15) is 12.4 Å². The molecule has 2 unspecified atom stereocenters. The van der Waals surface area contributed by atoms with Crippen molar-refractivity contribution in [2.24, 2.45) is 0 Å². The molecule has 94 valence electrons. The third-order valence-electron chi connectivity index (χ3n) is 2.82. The van der Waals surface area contributed by atoms with Crippen molar-refractivity contribution in [3.05, 3.63) is 28.7 Å². The lowest BCUT2D eigenvalue weighted by molar-refractivity contribution is 0.0572. The van der Waals surface area contributed by atoms with Gasteiger partial charge in [-0.1, -0.05) is 15.9 Å². The fraction of sp³-hybridized carbons (Fsp3) is 0.500. The molecule has 1 saturated heterocycles. The summed E-state index contributed by atoms with van der Waals surface area (Å²) in [4.78, 5) is 1.99. The number of aliphatic hydroxyl groups is 2. The Bertz CT molecular complexity index is 347. The van der Waals surface area contributed by atoms with E-state index in [-0.39, 0.29) is 0 Å². The van der Waals surface area contributed by atoms with E-state index in [4.69, 9.17) is 4.74 Å². The first-order valence-electron chi connectivity index (χ1n) is 5.62. The molecule has 0 spiro atoms. The number of aliphatic hydroxyl groups excluding tert-OH is 2. The van der Waals surface area contributed by atoms with Crippen molar-refractivity contribution in [3.63, 3.8) is 0 Å². The van der Waals surface area contributed by atoms with Crippen LogP contribution in [0.3, 0.4) is 0 Å². The van der Waals surface area contributed by atoms with Crippen LogP contribution in [0, 0.1) is 0 Å². The molecule has 1 aliphatic rings. The van der Waals surface area contributed by atoms with Crippen LogP contribution in [0.4, 0.5) is 0 Å². The van der Waals surface area contributed by atoms with Crippen molar-refractivity contribution in [3.8, 4) is 5.75 Å². The molecule has 5 heteroatoms. The monoisotopic (exact) mass is 301 g/mol. The van der Waals surface area contributed by atoms with Crippen LogP contribution < -0.4 is 4.74 Å².